The van der Waals surface area contributed by atoms with Gasteiger partial charge in [0.1, 0.15) is 17.3 Å². The average molecular weight is 461 g/mol. The lowest BCUT2D eigenvalue weighted by atomic mass is 10.0. The van der Waals surface area contributed by atoms with Crippen LogP contribution in [0.4, 0.5) is 15.8 Å². The molecule has 0 fully saturated rings. The highest BCUT2D eigenvalue weighted by Crippen LogP contribution is 2.40. The number of benzene rings is 2. The Morgan fingerprint density at radius 3 is 2.68 bits per heavy atom. The zero-order valence-electron chi connectivity index (χ0n) is 17.3. The fourth-order valence-electron chi connectivity index (χ4n) is 2.97. The topological polar surface area (TPSA) is 81.6 Å². The molecule has 0 aliphatic heterocycles. The Morgan fingerprint density at radius 2 is 2.00 bits per heavy atom. The highest BCUT2D eigenvalue weighted by Gasteiger charge is 2.18. The molecule has 6 nitrogen and oxygen atoms in total. The Balaban J connectivity index is 2.20. The molecule has 162 valence electrons. The molecule has 0 unspecified atom stereocenters. The maximum absolute atomic E-state index is 13.4. The minimum absolute atomic E-state index is 0.141. The van der Waals surface area contributed by atoms with Crippen molar-refractivity contribution in [3.63, 3.8) is 0 Å². The number of halogens is 2. The van der Waals surface area contributed by atoms with Gasteiger partial charge in [-0.2, -0.15) is 0 Å². The van der Waals surface area contributed by atoms with Gasteiger partial charge < -0.3 is 19.8 Å². The number of nitrogens with one attached hydrogen (secondary N) is 1. The molecule has 0 radical (unpaired) electrons. The quantitative estimate of drug-likeness (QED) is 0.367. The van der Waals surface area contributed by atoms with Gasteiger partial charge in [0.2, 0.25) is 0 Å². The first-order valence-corrected chi connectivity index (χ1v) is 10.8. The van der Waals surface area contributed by atoms with Crippen molar-refractivity contribution >= 4 is 41.1 Å². The van der Waals surface area contributed by atoms with E-state index < -0.39 is 5.82 Å². The second-order valence-electron chi connectivity index (χ2n) is 6.60. The molecule has 0 bridgehead atoms. The summed E-state index contributed by atoms with van der Waals surface area (Å²) in [6.07, 6.45) is 3.09. The molecule has 3 aromatic rings. The van der Waals surface area contributed by atoms with Gasteiger partial charge in [0.05, 0.1) is 16.3 Å². The summed E-state index contributed by atoms with van der Waals surface area (Å²) in [5.41, 5.74) is 8.75. The molecular weight excluding hydrogens is 439 g/mol. The summed E-state index contributed by atoms with van der Waals surface area (Å²) >= 11 is 7.69. The van der Waals surface area contributed by atoms with Crippen LogP contribution in [-0.2, 0) is 7.05 Å². The second kappa shape index (κ2) is 9.89. The van der Waals surface area contributed by atoms with Gasteiger partial charge in [-0.25, -0.2) is 4.39 Å². The number of ether oxygens (including phenoxy) is 1. The maximum Gasteiger partial charge on any atom is 0.261 e. The molecule has 2 aromatic carbocycles. The summed E-state index contributed by atoms with van der Waals surface area (Å²) in [6, 6.07) is 9.40. The van der Waals surface area contributed by atoms with Crippen molar-refractivity contribution in [2.24, 2.45) is 12.0 Å². The van der Waals surface area contributed by atoms with Crippen LogP contribution in [0.5, 0.6) is 11.5 Å². The Kier molecular flexibility index (Phi) is 7.25. The normalized spacial score (nSPS) is 11.1. The lowest BCUT2D eigenvalue weighted by Crippen LogP contribution is -2.23. The molecule has 0 atom stereocenters. The molecule has 0 amide bonds. The van der Waals surface area contributed by atoms with Crippen LogP contribution < -0.4 is 20.8 Å². The monoisotopic (exact) mass is 460 g/mol. The smallest absolute Gasteiger partial charge is 0.261 e. The average Bonchev–Trinajstić information content (AvgIpc) is 2.75. The summed E-state index contributed by atoms with van der Waals surface area (Å²) in [6.45, 7) is 2.04. The molecule has 0 saturated heterocycles. The van der Waals surface area contributed by atoms with Gasteiger partial charge in [-0.1, -0.05) is 30.5 Å². The second-order valence-corrected chi connectivity index (χ2v) is 8.07. The largest absolute Gasteiger partial charge is 0.455 e. The molecule has 0 aliphatic rings. The van der Waals surface area contributed by atoms with E-state index in [-0.39, 0.29) is 21.8 Å². The summed E-state index contributed by atoms with van der Waals surface area (Å²) in [5, 5.41) is 0.141. The number of nitrogens with zero attached hydrogens (tertiary/aromatic N) is 2. The van der Waals surface area contributed by atoms with E-state index in [1.807, 2.05) is 19.1 Å². The summed E-state index contributed by atoms with van der Waals surface area (Å²) in [5.74, 6) is 1.16. The van der Waals surface area contributed by atoms with E-state index in [0.717, 1.165) is 11.4 Å². The predicted octanol–water partition coefficient (Wildman–Crippen LogP) is 5.35. The van der Waals surface area contributed by atoms with Gasteiger partial charge in [0, 0.05) is 49.1 Å². The maximum atomic E-state index is 13.4. The van der Waals surface area contributed by atoms with Crippen LogP contribution >= 0.6 is 23.5 Å². The highest BCUT2D eigenvalue weighted by molar-refractivity contribution is 8.00. The predicted molar refractivity (Wildman–Crippen MR) is 128 cm³/mol. The van der Waals surface area contributed by atoms with Crippen molar-refractivity contribution < 1.29 is 9.13 Å². The van der Waals surface area contributed by atoms with Crippen LogP contribution in [0.2, 0.25) is 5.02 Å². The number of nitrogens with two attached hydrogens (primary N) is 1. The number of nitrogen functional groups attached to an aromatic ring is 1. The van der Waals surface area contributed by atoms with Gasteiger partial charge in [0.25, 0.3) is 5.56 Å². The number of hydrogen-bond acceptors (Lipinski definition) is 6. The van der Waals surface area contributed by atoms with Crippen molar-refractivity contribution in [1.82, 2.24) is 4.57 Å². The Morgan fingerprint density at radius 1 is 1.26 bits per heavy atom. The van der Waals surface area contributed by atoms with Crippen molar-refractivity contribution in [3.8, 4) is 22.6 Å². The first-order chi connectivity index (χ1) is 14.8. The summed E-state index contributed by atoms with van der Waals surface area (Å²) in [7, 11) is 3.22. The van der Waals surface area contributed by atoms with E-state index in [9.17, 15) is 9.18 Å². The van der Waals surface area contributed by atoms with Crippen molar-refractivity contribution in [3.05, 3.63) is 69.4 Å². The SMILES string of the molecule is CCSNc1ccc(Oc2ccc(F)cc2Cl)c(-c2cn(C)c(=O)c(C=NC)c2N)c1. The molecular formula is C22H22ClFN4O2S. The molecule has 0 spiro atoms. The standard InChI is InChI=1S/C22H22ClFN4O2S/c1-4-31-27-14-6-8-19(30-20-7-5-13(24)9-18(20)23)15(10-14)17-12-28(3)22(29)16(11-26-2)21(17)25/h5-12,27H,4,25H2,1-3H3. The molecule has 1 aromatic heterocycles. The lowest BCUT2D eigenvalue weighted by Gasteiger charge is -2.17. The van der Waals surface area contributed by atoms with Gasteiger partial charge in [-0.05, 0) is 36.4 Å². The third-order valence-corrected chi connectivity index (χ3v) is 5.39. The molecule has 0 aliphatic carbocycles. The van der Waals surface area contributed by atoms with Crippen molar-refractivity contribution in [2.45, 2.75) is 6.92 Å². The summed E-state index contributed by atoms with van der Waals surface area (Å²) < 4.78 is 24.2. The minimum atomic E-state index is -0.459. The molecule has 3 N–H and O–H groups in total. The molecule has 9 heteroatoms. The molecule has 0 saturated carbocycles. The van der Waals surface area contributed by atoms with Crippen LogP contribution in [-0.4, -0.2) is 23.6 Å². The van der Waals surface area contributed by atoms with Crippen LogP contribution in [0.1, 0.15) is 12.5 Å². The summed E-state index contributed by atoms with van der Waals surface area (Å²) in [4.78, 5) is 16.5. The number of anilines is 2. The highest BCUT2D eigenvalue weighted by atomic mass is 35.5. The van der Waals surface area contributed by atoms with E-state index in [1.165, 1.54) is 40.9 Å². The molecule has 3 rings (SSSR count). The lowest BCUT2D eigenvalue weighted by molar-refractivity contribution is 0.482. The number of pyridine rings is 1. The molecule has 1 heterocycles. The number of hydrogen-bond donors (Lipinski definition) is 2. The van der Waals surface area contributed by atoms with E-state index >= 15 is 0 Å². The zero-order valence-corrected chi connectivity index (χ0v) is 18.9. The Bertz CT molecular complexity index is 1200. The van der Waals surface area contributed by atoms with E-state index in [1.54, 1.807) is 26.4 Å². The third-order valence-electron chi connectivity index (χ3n) is 4.43. The van der Waals surface area contributed by atoms with E-state index in [4.69, 9.17) is 22.1 Å². The number of aromatic nitrogens is 1. The first kappa shape index (κ1) is 22.7. The van der Waals surface area contributed by atoms with Gasteiger partial charge in [-0.15, -0.1) is 0 Å². The van der Waals surface area contributed by atoms with Crippen LogP contribution in [0.15, 0.2) is 52.4 Å². The van der Waals surface area contributed by atoms with E-state index in [0.29, 0.717) is 22.6 Å². The fourth-order valence-corrected chi connectivity index (χ4v) is 3.61. The first-order valence-electron chi connectivity index (χ1n) is 9.42. The van der Waals surface area contributed by atoms with Crippen molar-refractivity contribution in [1.29, 1.82) is 0 Å². The van der Waals surface area contributed by atoms with Crippen LogP contribution in [0, 0.1) is 5.82 Å². The van der Waals surface area contributed by atoms with Gasteiger partial charge >= 0.3 is 0 Å². The number of aryl methyl sites for hydroxylation is 1. The molecule has 31 heavy (non-hydrogen) atoms. The Labute approximate surface area is 189 Å². The van der Waals surface area contributed by atoms with E-state index in [2.05, 4.69) is 9.71 Å². The fraction of sp³-hybridized carbons (Fsp3) is 0.182. The van der Waals surface area contributed by atoms with Gasteiger partial charge in [-0.3, -0.25) is 9.79 Å². The van der Waals surface area contributed by atoms with Crippen molar-refractivity contribution in [2.75, 3.05) is 23.3 Å². The van der Waals surface area contributed by atoms with Gasteiger partial charge in [0.15, 0.2) is 0 Å². The zero-order chi connectivity index (χ0) is 22.5. The minimum Gasteiger partial charge on any atom is -0.455 e. The number of rotatable bonds is 7. The Hall–Kier alpha value is -2.97. The van der Waals surface area contributed by atoms with Crippen LogP contribution in [0.25, 0.3) is 11.1 Å². The number of aliphatic imine (C=N–C) groups is 1. The third kappa shape index (κ3) is 5.03. The van der Waals surface area contributed by atoms with Crippen LogP contribution in [0.3, 0.4) is 0 Å².